The Labute approximate surface area is 157 Å². The number of nitrogens with zero attached hydrogens (tertiary/aromatic N) is 1. The minimum absolute atomic E-state index is 0.0165. The van der Waals surface area contributed by atoms with Crippen molar-refractivity contribution in [2.45, 2.75) is 43.4 Å². The molecule has 0 aromatic heterocycles. The van der Waals surface area contributed by atoms with Gasteiger partial charge in [0.25, 0.3) is 0 Å². The lowest BCUT2D eigenvalue weighted by molar-refractivity contribution is -0.140. The van der Waals surface area contributed by atoms with E-state index in [0.717, 1.165) is 29.3 Å². The highest BCUT2D eigenvalue weighted by Gasteiger charge is 2.36. The van der Waals surface area contributed by atoms with Crippen LogP contribution in [0.25, 0.3) is 0 Å². The summed E-state index contributed by atoms with van der Waals surface area (Å²) < 4.78 is 45.9. The van der Waals surface area contributed by atoms with E-state index in [9.17, 15) is 22.4 Å². The van der Waals surface area contributed by atoms with Gasteiger partial charge in [0.05, 0.1) is 18.0 Å². The van der Waals surface area contributed by atoms with Gasteiger partial charge in [-0.2, -0.15) is 4.31 Å². The van der Waals surface area contributed by atoms with Crippen molar-refractivity contribution in [3.05, 3.63) is 29.6 Å². The first-order valence-corrected chi connectivity index (χ1v) is 10.2. The third-order valence-corrected chi connectivity index (χ3v) is 6.48. The maximum Gasteiger partial charge on any atom is 0.309 e. The summed E-state index contributed by atoms with van der Waals surface area (Å²) in [4.78, 5) is 23.6. The van der Waals surface area contributed by atoms with E-state index in [1.807, 2.05) is 0 Å². The van der Waals surface area contributed by atoms with E-state index in [0.29, 0.717) is 13.0 Å². The first kappa shape index (κ1) is 19.7. The fourth-order valence-corrected chi connectivity index (χ4v) is 4.64. The van der Waals surface area contributed by atoms with E-state index in [1.54, 1.807) is 0 Å². The van der Waals surface area contributed by atoms with Gasteiger partial charge in [-0.05, 0) is 49.9 Å². The van der Waals surface area contributed by atoms with Gasteiger partial charge in [0.1, 0.15) is 12.0 Å². The molecule has 2 amide bonds. The number of nitrogens with one attached hydrogen (secondary N) is 2. The number of hydrogen-bond donors (Lipinski definition) is 2. The predicted octanol–water partition coefficient (Wildman–Crippen LogP) is 0.266. The average molecular weight is 399 g/mol. The molecule has 1 aromatic rings. The van der Waals surface area contributed by atoms with Crippen LogP contribution in [0.5, 0.6) is 0 Å². The molecule has 1 atom stereocenters. The molecule has 8 nitrogen and oxygen atoms in total. The van der Waals surface area contributed by atoms with Crippen molar-refractivity contribution in [2.75, 3.05) is 19.7 Å². The molecule has 0 spiro atoms. The third-order valence-electron chi connectivity index (χ3n) is 4.43. The summed E-state index contributed by atoms with van der Waals surface area (Å²) in [6, 6.07) is 3.50. The topological polar surface area (TPSA) is 105 Å². The van der Waals surface area contributed by atoms with Gasteiger partial charge in [-0.15, -0.1) is 0 Å². The van der Waals surface area contributed by atoms with E-state index >= 15 is 0 Å². The minimum Gasteiger partial charge on any atom is -0.360 e. The first-order chi connectivity index (χ1) is 12.8. The Balaban J connectivity index is 1.70. The number of carbonyl (C=O) groups is 2. The summed E-state index contributed by atoms with van der Waals surface area (Å²) in [5.74, 6) is -2.09. The zero-order valence-electron chi connectivity index (χ0n) is 14.9. The standard InChI is InChI=1S/C17H22FN3O5S/c1-11-9-12(18)3-6-14(11)27(24,25)21-7-2-8-26-15(21)10-19-16(22)17(23)20-13-4-5-13/h3,6,9,13,15H,2,4-5,7-8,10H2,1H3,(H,19,22)(H,20,23)/t15-/m0/s1. The van der Waals surface area contributed by atoms with Crippen LogP contribution in [0.1, 0.15) is 24.8 Å². The molecule has 148 valence electrons. The van der Waals surface area contributed by atoms with Gasteiger partial charge in [-0.3, -0.25) is 9.59 Å². The number of benzene rings is 1. The molecule has 1 aliphatic heterocycles. The molecule has 0 radical (unpaired) electrons. The smallest absolute Gasteiger partial charge is 0.309 e. The van der Waals surface area contributed by atoms with Gasteiger partial charge >= 0.3 is 11.8 Å². The molecule has 0 unspecified atom stereocenters. The minimum atomic E-state index is -3.95. The Hall–Kier alpha value is -2.04. The van der Waals surface area contributed by atoms with E-state index < -0.39 is 33.9 Å². The Bertz CT molecular complexity index is 841. The average Bonchev–Trinajstić information content (AvgIpc) is 3.43. The maximum absolute atomic E-state index is 13.3. The van der Waals surface area contributed by atoms with E-state index in [4.69, 9.17) is 4.74 Å². The lowest BCUT2D eigenvalue weighted by Gasteiger charge is -2.34. The number of hydrogen-bond acceptors (Lipinski definition) is 5. The molecule has 1 aromatic carbocycles. The van der Waals surface area contributed by atoms with Gasteiger partial charge in [0.15, 0.2) is 0 Å². The Morgan fingerprint density at radius 3 is 2.70 bits per heavy atom. The molecule has 27 heavy (non-hydrogen) atoms. The van der Waals surface area contributed by atoms with Gasteiger partial charge in [-0.25, -0.2) is 12.8 Å². The molecule has 1 heterocycles. The van der Waals surface area contributed by atoms with Crippen LogP contribution in [0, 0.1) is 12.7 Å². The van der Waals surface area contributed by atoms with Crippen LogP contribution in [0.4, 0.5) is 4.39 Å². The number of ether oxygens (including phenoxy) is 1. The fourth-order valence-electron chi connectivity index (χ4n) is 2.87. The number of carbonyl (C=O) groups excluding carboxylic acids is 2. The second-order valence-electron chi connectivity index (χ2n) is 6.66. The van der Waals surface area contributed by atoms with Crippen LogP contribution in [0.3, 0.4) is 0 Å². The number of rotatable bonds is 5. The molecule has 10 heteroatoms. The highest BCUT2D eigenvalue weighted by atomic mass is 32.2. The molecule has 1 aliphatic carbocycles. The lowest BCUT2D eigenvalue weighted by atomic mass is 10.2. The molecular weight excluding hydrogens is 377 g/mol. The molecule has 0 bridgehead atoms. The van der Waals surface area contributed by atoms with Crippen LogP contribution in [-0.4, -0.2) is 56.5 Å². The Morgan fingerprint density at radius 2 is 2.04 bits per heavy atom. The summed E-state index contributed by atoms with van der Waals surface area (Å²) in [5, 5.41) is 4.98. The van der Waals surface area contributed by atoms with Crippen molar-refractivity contribution >= 4 is 21.8 Å². The number of aryl methyl sites for hydroxylation is 1. The first-order valence-electron chi connectivity index (χ1n) is 8.77. The van der Waals surface area contributed by atoms with Crippen molar-refractivity contribution in [3.8, 4) is 0 Å². The molecule has 1 saturated heterocycles. The molecule has 2 N–H and O–H groups in total. The van der Waals surface area contributed by atoms with Crippen molar-refractivity contribution in [2.24, 2.45) is 0 Å². The lowest BCUT2D eigenvalue weighted by Crippen LogP contribution is -2.53. The highest BCUT2D eigenvalue weighted by Crippen LogP contribution is 2.25. The second-order valence-corrected chi connectivity index (χ2v) is 8.52. The molecule has 3 rings (SSSR count). The van der Waals surface area contributed by atoms with Crippen molar-refractivity contribution in [3.63, 3.8) is 0 Å². The largest absolute Gasteiger partial charge is 0.360 e. The van der Waals surface area contributed by atoms with E-state index in [1.165, 1.54) is 13.0 Å². The van der Waals surface area contributed by atoms with Crippen molar-refractivity contribution in [1.29, 1.82) is 0 Å². The number of amides is 2. The SMILES string of the molecule is Cc1cc(F)ccc1S(=O)(=O)N1CCCO[C@H]1CNC(=O)C(=O)NC1CC1. The predicted molar refractivity (Wildman–Crippen MR) is 93.6 cm³/mol. The van der Waals surface area contributed by atoms with Crippen molar-refractivity contribution in [1.82, 2.24) is 14.9 Å². The molecule has 2 fully saturated rings. The van der Waals surface area contributed by atoms with E-state index in [2.05, 4.69) is 10.6 Å². The normalized spacial score (nSPS) is 20.9. The van der Waals surface area contributed by atoms with Crippen LogP contribution in [-0.2, 0) is 24.3 Å². The van der Waals surface area contributed by atoms with E-state index in [-0.39, 0.29) is 29.6 Å². The van der Waals surface area contributed by atoms with Crippen LogP contribution in [0.2, 0.25) is 0 Å². The van der Waals surface area contributed by atoms with Gasteiger partial charge in [0, 0.05) is 12.6 Å². The second kappa shape index (κ2) is 7.91. The molecular formula is C17H22FN3O5S. The summed E-state index contributed by atoms with van der Waals surface area (Å²) in [6.45, 7) is 1.90. The van der Waals surface area contributed by atoms with Gasteiger partial charge in [0.2, 0.25) is 10.0 Å². The number of sulfonamides is 1. The Kier molecular flexibility index (Phi) is 5.78. The fraction of sp³-hybridized carbons (Fsp3) is 0.529. The van der Waals surface area contributed by atoms with Crippen molar-refractivity contribution < 1.29 is 27.1 Å². The monoisotopic (exact) mass is 399 g/mol. The molecule has 2 aliphatic rings. The quantitative estimate of drug-likeness (QED) is 0.692. The summed E-state index contributed by atoms with van der Waals surface area (Å²) >= 11 is 0. The van der Waals surface area contributed by atoms with Crippen LogP contribution in [0.15, 0.2) is 23.1 Å². The highest BCUT2D eigenvalue weighted by molar-refractivity contribution is 7.89. The summed E-state index contributed by atoms with van der Waals surface area (Å²) in [6.07, 6.45) is 1.26. The maximum atomic E-state index is 13.3. The molecule has 1 saturated carbocycles. The number of halogens is 1. The zero-order chi connectivity index (χ0) is 19.6. The van der Waals surface area contributed by atoms with Gasteiger partial charge in [-0.1, -0.05) is 0 Å². The summed E-state index contributed by atoms with van der Waals surface area (Å²) in [5.41, 5.74) is 0.284. The summed E-state index contributed by atoms with van der Waals surface area (Å²) in [7, 11) is -3.95. The Morgan fingerprint density at radius 1 is 1.30 bits per heavy atom. The van der Waals surface area contributed by atoms with Gasteiger partial charge < -0.3 is 15.4 Å². The third kappa shape index (κ3) is 4.63. The van der Waals surface area contributed by atoms with Crippen LogP contribution >= 0.6 is 0 Å². The van der Waals surface area contributed by atoms with Crippen LogP contribution < -0.4 is 10.6 Å². The zero-order valence-corrected chi connectivity index (χ0v) is 15.7.